The number of furan rings is 1. The summed E-state index contributed by atoms with van der Waals surface area (Å²) in [5, 5.41) is 7.06. The predicted octanol–water partition coefficient (Wildman–Crippen LogP) is 16.3. The number of nitrogens with zero attached hydrogens (tertiary/aromatic N) is 2. The molecule has 0 aliphatic heterocycles. The first-order chi connectivity index (χ1) is 30.3. The van der Waals surface area contributed by atoms with Crippen LogP contribution in [0.5, 0.6) is 0 Å². The van der Waals surface area contributed by atoms with Crippen molar-refractivity contribution in [1.29, 1.82) is 0 Å². The molecule has 0 atom stereocenters. The van der Waals surface area contributed by atoms with E-state index in [1.165, 1.54) is 60.4 Å². The van der Waals surface area contributed by atoms with Crippen molar-refractivity contribution in [3.05, 3.63) is 231 Å². The molecule has 0 N–H and O–H groups in total. The van der Waals surface area contributed by atoms with E-state index in [-0.39, 0.29) is 0 Å². The summed E-state index contributed by atoms with van der Waals surface area (Å²) in [4.78, 5) is 2.32. The van der Waals surface area contributed by atoms with Crippen molar-refractivity contribution in [1.82, 2.24) is 4.57 Å². The number of fused-ring (bicyclic) bond motifs is 8. The van der Waals surface area contributed by atoms with E-state index in [4.69, 9.17) is 4.42 Å². The third kappa shape index (κ3) is 5.82. The Hall–Kier alpha value is -8.14. The summed E-state index contributed by atoms with van der Waals surface area (Å²) in [6.07, 6.45) is 0. The van der Waals surface area contributed by atoms with E-state index in [1.54, 1.807) is 0 Å². The van der Waals surface area contributed by atoms with Gasteiger partial charge in [-0.3, -0.25) is 0 Å². The summed E-state index contributed by atoms with van der Waals surface area (Å²) in [6, 6.07) is 82.6. The highest BCUT2D eigenvalue weighted by atomic mass is 16.3. The van der Waals surface area contributed by atoms with E-state index in [1.807, 2.05) is 0 Å². The van der Waals surface area contributed by atoms with Crippen LogP contribution in [-0.4, -0.2) is 4.57 Å². The molecular weight excluding hydrogens is 741 g/mol. The van der Waals surface area contributed by atoms with Gasteiger partial charge in [-0.25, -0.2) is 0 Å². The lowest BCUT2D eigenvalue weighted by atomic mass is 9.92. The van der Waals surface area contributed by atoms with Gasteiger partial charge in [-0.15, -0.1) is 0 Å². The zero-order valence-corrected chi connectivity index (χ0v) is 33.2. The first-order valence-electron chi connectivity index (χ1n) is 20.8. The maximum atomic E-state index is 6.98. The van der Waals surface area contributed by atoms with Gasteiger partial charge in [0.25, 0.3) is 0 Å². The zero-order valence-electron chi connectivity index (χ0n) is 33.2. The van der Waals surface area contributed by atoms with Crippen molar-refractivity contribution < 1.29 is 4.42 Å². The Bertz CT molecular complexity index is 3470. The molecule has 0 amide bonds. The molecule has 0 radical (unpaired) electrons. The molecule has 0 saturated carbocycles. The molecule has 2 aromatic heterocycles. The summed E-state index contributed by atoms with van der Waals surface area (Å²) in [6.45, 7) is 0. The Balaban J connectivity index is 1.03. The van der Waals surface area contributed by atoms with Gasteiger partial charge in [-0.2, -0.15) is 0 Å². The molecule has 3 heteroatoms. The molecule has 0 bridgehead atoms. The first kappa shape index (κ1) is 34.9. The van der Waals surface area contributed by atoms with Gasteiger partial charge in [0, 0.05) is 50.4 Å². The van der Waals surface area contributed by atoms with Crippen molar-refractivity contribution in [3.8, 4) is 39.1 Å². The number of hydrogen-bond donors (Lipinski definition) is 0. The van der Waals surface area contributed by atoms with Crippen LogP contribution in [0.3, 0.4) is 0 Å². The molecular formula is C58H38N2O. The largest absolute Gasteiger partial charge is 0.456 e. The second-order valence-electron chi connectivity index (χ2n) is 15.7. The molecule has 12 rings (SSSR count). The monoisotopic (exact) mass is 778 g/mol. The quantitative estimate of drug-likeness (QED) is 0.161. The molecule has 12 aromatic rings. The molecule has 61 heavy (non-hydrogen) atoms. The molecule has 0 saturated heterocycles. The number of rotatable bonds is 7. The second-order valence-corrected chi connectivity index (χ2v) is 15.7. The minimum Gasteiger partial charge on any atom is -0.456 e. The van der Waals surface area contributed by atoms with Crippen molar-refractivity contribution in [2.45, 2.75) is 0 Å². The highest BCUT2D eigenvalue weighted by molar-refractivity contribution is 6.25. The Morgan fingerprint density at radius 1 is 0.311 bits per heavy atom. The van der Waals surface area contributed by atoms with Crippen LogP contribution < -0.4 is 4.90 Å². The zero-order chi connectivity index (χ0) is 40.3. The van der Waals surface area contributed by atoms with Gasteiger partial charge >= 0.3 is 0 Å². The molecule has 0 spiro atoms. The van der Waals surface area contributed by atoms with Gasteiger partial charge in [-0.1, -0.05) is 158 Å². The Kier molecular flexibility index (Phi) is 8.17. The number of anilines is 3. The second kappa shape index (κ2) is 14.3. The molecule has 10 aromatic carbocycles. The fourth-order valence-electron chi connectivity index (χ4n) is 9.40. The number of benzene rings is 10. The van der Waals surface area contributed by atoms with E-state index in [0.29, 0.717) is 0 Å². The normalized spacial score (nSPS) is 11.6. The average Bonchev–Trinajstić information content (AvgIpc) is 3.88. The van der Waals surface area contributed by atoms with Crippen LogP contribution in [0.15, 0.2) is 235 Å². The van der Waals surface area contributed by atoms with Crippen LogP contribution in [0, 0.1) is 0 Å². The fourth-order valence-corrected chi connectivity index (χ4v) is 9.40. The number of hydrogen-bond acceptors (Lipinski definition) is 2. The molecule has 2 heterocycles. The van der Waals surface area contributed by atoms with Crippen molar-refractivity contribution in [2.24, 2.45) is 0 Å². The van der Waals surface area contributed by atoms with Gasteiger partial charge in [-0.05, 0) is 111 Å². The Morgan fingerprint density at radius 2 is 0.836 bits per heavy atom. The van der Waals surface area contributed by atoms with E-state index >= 15 is 0 Å². The maximum absolute atomic E-state index is 6.98. The van der Waals surface area contributed by atoms with Crippen LogP contribution in [-0.2, 0) is 0 Å². The summed E-state index contributed by atoms with van der Waals surface area (Å²) in [7, 11) is 0. The smallest absolute Gasteiger partial charge is 0.137 e. The molecule has 3 nitrogen and oxygen atoms in total. The SMILES string of the molecule is c1ccc(-c2ccc(N(c3ccc(-c4ccccc4)cc3)c3ccc4c(c3)oc3cc(-c5cccc6c5c5ccccc5n6-c5ccccc5)c5ccccc5c34)cc2)cc1. The van der Waals surface area contributed by atoms with Crippen molar-refractivity contribution >= 4 is 71.6 Å². The van der Waals surface area contributed by atoms with Gasteiger partial charge in [0.2, 0.25) is 0 Å². The third-order valence-corrected chi connectivity index (χ3v) is 12.2. The third-order valence-electron chi connectivity index (χ3n) is 12.2. The fraction of sp³-hybridized carbons (Fsp3) is 0. The van der Waals surface area contributed by atoms with E-state index in [2.05, 4.69) is 240 Å². The summed E-state index contributed by atoms with van der Waals surface area (Å²) in [5.74, 6) is 0. The number of aromatic nitrogens is 1. The van der Waals surface area contributed by atoms with Crippen molar-refractivity contribution in [3.63, 3.8) is 0 Å². The lowest BCUT2D eigenvalue weighted by Crippen LogP contribution is -2.09. The lowest BCUT2D eigenvalue weighted by molar-refractivity contribution is 0.669. The molecule has 0 aliphatic carbocycles. The predicted molar refractivity (Wildman–Crippen MR) is 257 cm³/mol. The van der Waals surface area contributed by atoms with Gasteiger partial charge in [0.1, 0.15) is 11.2 Å². The van der Waals surface area contributed by atoms with Crippen LogP contribution >= 0.6 is 0 Å². The average molecular weight is 779 g/mol. The van der Waals surface area contributed by atoms with Crippen LogP contribution in [0.2, 0.25) is 0 Å². The van der Waals surface area contributed by atoms with Crippen LogP contribution in [0.25, 0.3) is 93.6 Å². The van der Waals surface area contributed by atoms with Gasteiger partial charge < -0.3 is 13.9 Å². The molecule has 0 aliphatic rings. The summed E-state index contributed by atoms with van der Waals surface area (Å²) in [5.41, 5.74) is 15.5. The minimum atomic E-state index is 0.848. The topological polar surface area (TPSA) is 21.3 Å². The first-order valence-corrected chi connectivity index (χ1v) is 20.8. The Morgan fingerprint density at radius 3 is 1.49 bits per heavy atom. The van der Waals surface area contributed by atoms with E-state index < -0.39 is 0 Å². The Labute approximate surface area is 353 Å². The highest BCUT2D eigenvalue weighted by Crippen LogP contribution is 2.46. The lowest BCUT2D eigenvalue weighted by Gasteiger charge is -2.26. The standard InChI is InChI=1S/C58H38N2O/c1-4-15-39(16-5-1)41-27-31-44(32-28-41)59(45-33-29-42(30-34-45)40-17-6-2-7-18-40)46-35-36-51-55(37-46)61-56-38-52(47-21-10-11-22-48(47)58(51)56)49-24-14-26-54-57(49)50-23-12-13-25-53(50)60(54)43-19-8-3-9-20-43/h1-38H. The molecule has 0 fully saturated rings. The maximum Gasteiger partial charge on any atom is 0.137 e. The molecule has 286 valence electrons. The summed E-state index contributed by atoms with van der Waals surface area (Å²) < 4.78 is 9.36. The van der Waals surface area contributed by atoms with E-state index in [9.17, 15) is 0 Å². The minimum absolute atomic E-state index is 0.848. The van der Waals surface area contributed by atoms with Crippen LogP contribution in [0.1, 0.15) is 0 Å². The summed E-state index contributed by atoms with van der Waals surface area (Å²) >= 11 is 0. The van der Waals surface area contributed by atoms with Crippen LogP contribution in [0.4, 0.5) is 17.1 Å². The van der Waals surface area contributed by atoms with Gasteiger partial charge in [0.05, 0.1) is 11.0 Å². The molecule has 0 unspecified atom stereocenters. The highest BCUT2D eigenvalue weighted by Gasteiger charge is 2.21. The number of para-hydroxylation sites is 2. The van der Waals surface area contributed by atoms with Crippen molar-refractivity contribution in [2.75, 3.05) is 4.90 Å². The van der Waals surface area contributed by atoms with E-state index in [0.717, 1.165) is 50.3 Å². The van der Waals surface area contributed by atoms with Gasteiger partial charge in [0.15, 0.2) is 0 Å².